The van der Waals surface area contributed by atoms with Crippen LogP contribution >= 0.6 is 0 Å². The molecule has 1 rings (SSSR count). The summed E-state index contributed by atoms with van der Waals surface area (Å²) in [5.74, 6) is -0.936. The monoisotopic (exact) mass is 322 g/mol. The zero-order valence-electron chi connectivity index (χ0n) is 14.0. The zero-order valence-corrected chi connectivity index (χ0v) is 14.0. The van der Waals surface area contributed by atoms with Crippen molar-refractivity contribution in [1.82, 2.24) is 5.32 Å². The van der Waals surface area contributed by atoms with Crippen molar-refractivity contribution in [2.45, 2.75) is 38.6 Å². The van der Waals surface area contributed by atoms with Gasteiger partial charge < -0.3 is 20.5 Å². The van der Waals surface area contributed by atoms with Crippen LogP contribution in [0.1, 0.15) is 38.2 Å². The van der Waals surface area contributed by atoms with Gasteiger partial charge in [0.25, 0.3) is 0 Å². The lowest BCUT2D eigenvalue weighted by molar-refractivity contribution is -0.141. The van der Waals surface area contributed by atoms with E-state index in [1.165, 1.54) is 5.56 Å². The largest absolute Gasteiger partial charge is 0.480 e. The van der Waals surface area contributed by atoms with Crippen molar-refractivity contribution in [1.29, 1.82) is 0 Å². The first-order chi connectivity index (χ1) is 10.9. The number of rotatable bonds is 10. The highest BCUT2D eigenvalue weighted by molar-refractivity contribution is 5.94. The topological polar surface area (TPSA) is 87.7 Å². The van der Waals surface area contributed by atoms with Crippen LogP contribution < -0.4 is 10.6 Å². The molecule has 0 saturated heterocycles. The van der Waals surface area contributed by atoms with E-state index in [1.807, 2.05) is 24.3 Å². The maximum Gasteiger partial charge on any atom is 0.321 e. The maximum absolute atomic E-state index is 12.0. The number of carbonyl (C=O) groups excluding carboxylic acids is 1. The quantitative estimate of drug-likeness (QED) is 0.575. The molecule has 23 heavy (non-hydrogen) atoms. The molecule has 0 radical (unpaired) electrons. The summed E-state index contributed by atoms with van der Waals surface area (Å²) >= 11 is 0. The summed E-state index contributed by atoms with van der Waals surface area (Å²) in [6, 6.07) is 6.67. The molecule has 0 aromatic heterocycles. The molecule has 1 aromatic carbocycles. The van der Waals surface area contributed by atoms with Crippen molar-refractivity contribution in [3.8, 4) is 0 Å². The van der Waals surface area contributed by atoms with Gasteiger partial charge in [-0.3, -0.25) is 9.59 Å². The lowest BCUT2D eigenvalue weighted by atomic mass is 10.0. The van der Waals surface area contributed by atoms with Gasteiger partial charge in [-0.2, -0.15) is 0 Å². The van der Waals surface area contributed by atoms with Gasteiger partial charge in [-0.15, -0.1) is 0 Å². The Hall–Kier alpha value is -1.92. The molecule has 0 fully saturated rings. The molecule has 6 nitrogen and oxygen atoms in total. The molecular weight excluding hydrogens is 296 g/mol. The van der Waals surface area contributed by atoms with Crippen LogP contribution in [0.4, 0.5) is 5.69 Å². The van der Waals surface area contributed by atoms with Gasteiger partial charge in [0, 0.05) is 19.4 Å². The Labute approximate surface area is 137 Å². The third-order valence-electron chi connectivity index (χ3n) is 3.46. The normalized spacial score (nSPS) is 12.2. The van der Waals surface area contributed by atoms with Gasteiger partial charge in [-0.1, -0.05) is 26.0 Å². The second-order valence-corrected chi connectivity index (χ2v) is 5.72. The predicted octanol–water partition coefficient (Wildman–Crippen LogP) is 2.22. The molecule has 0 aliphatic rings. The number of carboxylic acid groups (broad SMARTS) is 1. The molecule has 1 aromatic rings. The molecule has 6 heteroatoms. The summed E-state index contributed by atoms with van der Waals surface area (Å²) in [6.07, 6.45) is 0.576. The fraction of sp³-hybridized carbons (Fsp3) is 0.529. The highest BCUT2D eigenvalue weighted by atomic mass is 16.5. The lowest BCUT2D eigenvalue weighted by Gasteiger charge is -2.14. The Morgan fingerprint density at radius 2 is 1.87 bits per heavy atom. The Bertz CT molecular complexity index is 500. The second kappa shape index (κ2) is 9.97. The molecule has 128 valence electrons. The van der Waals surface area contributed by atoms with Crippen LogP contribution in [0.15, 0.2) is 24.3 Å². The van der Waals surface area contributed by atoms with Crippen LogP contribution in [0.3, 0.4) is 0 Å². The summed E-state index contributed by atoms with van der Waals surface area (Å²) in [5, 5.41) is 14.8. The van der Waals surface area contributed by atoms with Crippen LogP contribution in [0.25, 0.3) is 0 Å². The summed E-state index contributed by atoms with van der Waals surface area (Å²) in [7, 11) is 1.59. The van der Waals surface area contributed by atoms with Crippen LogP contribution in [0.5, 0.6) is 0 Å². The highest BCUT2D eigenvalue weighted by Gasteiger charge is 2.20. The average Bonchev–Trinajstić information content (AvgIpc) is 2.50. The van der Waals surface area contributed by atoms with Crippen LogP contribution in [0.2, 0.25) is 0 Å². The summed E-state index contributed by atoms with van der Waals surface area (Å²) in [6.45, 7) is 5.23. The Morgan fingerprint density at radius 3 is 2.39 bits per heavy atom. The second-order valence-electron chi connectivity index (χ2n) is 5.72. The number of ether oxygens (including phenoxy) is 1. The van der Waals surface area contributed by atoms with Crippen LogP contribution in [-0.2, 0) is 14.3 Å². The minimum Gasteiger partial charge on any atom is -0.480 e. The summed E-state index contributed by atoms with van der Waals surface area (Å²) in [4.78, 5) is 23.2. The molecule has 0 aliphatic carbocycles. The van der Waals surface area contributed by atoms with Gasteiger partial charge in [-0.05, 0) is 36.6 Å². The first-order valence-corrected chi connectivity index (χ1v) is 7.79. The van der Waals surface area contributed by atoms with Gasteiger partial charge in [-0.25, -0.2) is 0 Å². The van der Waals surface area contributed by atoms with Crippen molar-refractivity contribution >= 4 is 17.6 Å². The number of aliphatic carboxylic acids is 1. The number of carbonyl (C=O) groups is 2. The standard InChI is InChI=1S/C17H26N2O4/c1-12(2)13-5-7-14(8-6-13)19-16(20)11-15(17(21)22)18-9-4-10-23-3/h5-8,12,15,18H,4,9-11H2,1-3H3,(H,19,20)(H,21,22). The highest BCUT2D eigenvalue weighted by Crippen LogP contribution is 2.17. The SMILES string of the molecule is COCCCNC(CC(=O)Nc1ccc(C(C)C)cc1)C(=O)O. The number of benzene rings is 1. The first-order valence-electron chi connectivity index (χ1n) is 7.79. The Kier molecular flexibility index (Phi) is 8.29. The van der Waals surface area contributed by atoms with Crippen molar-refractivity contribution in [2.24, 2.45) is 0 Å². The number of anilines is 1. The fourth-order valence-electron chi connectivity index (χ4n) is 2.09. The zero-order chi connectivity index (χ0) is 17.2. The van der Waals surface area contributed by atoms with E-state index in [9.17, 15) is 9.59 Å². The van der Waals surface area contributed by atoms with Crippen LogP contribution in [0, 0.1) is 0 Å². The molecule has 0 saturated carbocycles. The van der Waals surface area contributed by atoms with E-state index < -0.39 is 12.0 Å². The molecule has 0 heterocycles. The maximum atomic E-state index is 12.0. The van der Waals surface area contributed by atoms with Gasteiger partial charge in [0.15, 0.2) is 0 Å². The third kappa shape index (κ3) is 7.25. The van der Waals surface area contributed by atoms with Crippen molar-refractivity contribution < 1.29 is 19.4 Å². The van der Waals surface area contributed by atoms with Crippen molar-refractivity contribution in [3.05, 3.63) is 29.8 Å². The molecule has 1 atom stereocenters. The van der Waals surface area contributed by atoms with E-state index in [1.54, 1.807) is 7.11 Å². The van der Waals surface area contributed by atoms with Crippen LogP contribution in [-0.4, -0.2) is 43.3 Å². The van der Waals surface area contributed by atoms with E-state index in [0.29, 0.717) is 31.2 Å². The number of carboxylic acids is 1. The van der Waals surface area contributed by atoms with Crippen molar-refractivity contribution in [2.75, 3.05) is 25.6 Å². The summed E-state index contributed by atoms with van der Waals surface area (Å²) < 4.78 is 4.90. The number of nitrogens with one attached hydrogen (secondary N) is 2. The van der Waals surface area contributed by atoms with Gasteiger partial charge in [0.1, 0.15) is 6.04 Å². The molecule has 3 N–H and O–H groups in total. The minimum absolute atomic E-state index is 0.117. The predicted molar refractivity (Wildman–Crippen MR) is 89.7 cm³/mol. The number of hydrogen-bond acceptors (Lipinski definition) is 4. The first kappa shape index (κ1) is 19.1. The minimum atomic E-state index is -1.03. The lowest BCUT2D eigenvalue weighted by Crippen LogP contribution is -2.40. The van der Waals surface area contributed by atoms with Gasteiger partial charge in [0.05, 0.1) is 6.42 Å². The molecule has 0 spiro atoms. The van der Waals surface area contributed by atoms with E-state index >= 15 is 0 Å². The number of amides is 1. The molecule has 1 amide bonds. The molecule has 0 aliphatic heterocycles. The fourth-order valence-corrected chi connectivity index (χ4v) is 2.09. The van der Waals surface area contributed by atoms with E-state index in [-0.39, 0.29) is 12.3 Å². The van der Waals surface area contributed by atoms with Gasteiger partial charge in [0.2, 0.25) is 5.91 Å². The molecular formula is C17H26N2O4. The van der Waals surface area contributed by atoms with E-state index in [0.717, 1.165) is 0 Å². The molecule has 1 unspecified atom stereocenters. The van der Waals surface area contributed by atoms with Crippen molar-refractivity contribution in [3.63, 3.8) is 0 Å². The number of methoxy groups -OCH3 is 1. The molecule has 0 bridgehead atoms. The van der Waals surface area contributed by atoms with E-state index in [4.69, 9.17) is 9.84 Å². The third-order valence-corrected chi connectivity index (χ3v) is 3.46. The smallest absolute Gasteiger partial charge is 0.321 e. The Morgan fingerprint density at radius 1 is 1.22 bits per heavy atom. The summed E-state index contributed by atoms with van der Waals surface area (Å²) in [5.41, 5.74) is 1.86. The van der Waals surface area contributed by atoms with Gasteiger partial charge >= 0.3 is 5.97 Å². The Balaban J connectivity index is 2.49. The average molecular weight is 322 g/mol. The number of hydrogen-bond donors (Lipinski definition) is 3. The van der Waals surface area contributed by atoms with E-state index in [2.05, 4.69) is 24.5 Å².